The van der Waals surface area contributed by atoms with Crippen molar-refractivity contribution in [1.82, 2.24) is 4.90 Å². The Bertz CT molecular complexity index is 1340. The van der Waals surface area contributed by atoms with Crippen molar-refractivity contribution in [1.29, 1.82) is 0 Å². The van der Waals surface area contributed by atoms with Gasteiger partial charge in [0, 0.05) is 70.6 Å². The molecule has 5 rings (SSSR count). The Labute approximate surface area is 247 Å². The van der Waals surface area contributed by atoms with Gasteiger partial charge in [0.1, 0.15) is 6.61 Å². The van der Waals surface area contributed by atoms with Gasteiger partial charge in [0.15, 0.2) is 23.1 Å². The van der Waals surface area contributed by atoms with Gasteiger partial charge in [-0.25, -0.2) is 0 Å². The van der Waals surface area contributed by atoms with Crippen molar-refractivity contribution in [3.63, 3.8) is 0 Å². The van der Waals surface area contributed by atoms with Crippen molar-refractivity contribution >= 4 is 50.7 Å². The highest BCUT2D eigenvalue weighted by Crippen LogP contribution is 2.51. The molecule has 0 fully saturated rings. The molecule has 0 radical (unpaired) electrons. The molecule has 0 aromatic heterocycles. The molecule has 2 aromatic rings. The minimum Gasteiger partial charge on any atom is -0.493 e. The maximum Gasteiger partial charge on any atom is 0.175 e. The molecule has 0 atom stereocenters. The fraction of sp³-hybridized carbons (Fsp3) is 0.400. The minimum atomic E-state index is -0.445. The van der Waals surface area contributed by atoms with Gasteiger partial charge < -0.3 is 19.1 Å². The standard InChI is InChI=1S/C30H30BrCl2NO5/c1-37-12-11-34-22-5-3-7-24(35)28(22)27(29-23(34)6-4-8-25(29)36)18-13-20(31)30(26(14-18)38-2)39-16-17-9-10-19(32)15-21(17)33/h9-10,13-15,27H,3-8,11-12,16H2,1-2H3. The second-order valence-corrected chi connectivity index (χ2v) is 11.6. The van der Waals surface area contributed by atoms with Crippen LogP contribution in [0.15, 0.2) is 57.3 Å². The number of carbonyl (C=O) groups is 2. The van der Waals surface area contributed by atoms with Crippen molar-refractivity contribution in [2.45, 2.75) is 51.0 Å². The van der Waals surface area contributed by atoms with Crippen molar-refractivity contribution in [2.24, 2.45) is 0 Å². The largest absolute Gasteiger partial charge is 0.493 e. The first-order valence-corrected chi connectivity index (χ1v) is 14.6. The summed E-state index contributed by atoms with van der Waals surface area (Å²) in [7, 11) is 3.25. The molecular weight excluding hydrogens is 605 g/mol. The van der Waals surface area contributed by atoms with E-state index in [2.05, 4.69) is 20.8 Å². The van der Waals surface area contributed by atoms with Gasteiger partial charge in [-0.1, -0.05) is 29.3 Å². The molecule has 39 heavy (non-hydrogen) atoms. The Hall–Kier alpha value is -2.32. The van der Waals surface area contributed by atoms with Crippen LogP contribution >= 0.6 is 39.1 Å². The summed E-state index contributed by atoms with van der Waals surface area (Å²) in [5, 5.41) is 1.07. The van der Waals surface area contributed by atoms with E-state index < -0.39 is 5.92 Å². The quantitative estimate of drug-likeness (QED) is 0.301. The number of hydrogen-bond acceptors (Lipinski definition) is 6. The lowest BCUT2D eigenvalue weighted by molar-refractivity contribution is -0.117. The van der Waals surface area contributed by atoms with Gasteiger partial charge in [-0.2, -0.15) is 0 Å². The number of benzene rings is 2. The number of methoxy groups -OCH3 is 2. The summed E-state index contributed by atoms with van der Waals surface area (Å²) >= 11 is 16.0. The number of rotatable bonds is 8. The summed E-state index contributed by atoms with van der Waals surface area (Å²) in [6.07, 6.45) is 4.16. The number of Topliss-reactive ketones (excluding diaryl/α,β-unsaturated/α-hetero) is 2. The summed E-state index contributed by atoms with van der Waals surface area (Å²) in [6, 6.07) is 9.09. The summed E-state index contributed by atoms with van der Waals surface area (Å²) < 4.78 is 18.0. The maximum atomic E-state index is 13.5. The zero-order valence-corrected chi connectivity index (χ0v) is 25.0. The van der Waals surface area contributed by atoms with Crippen LogP contribution in [0.4, 0.5) is 0 Å². The van der Waals surface area contributed by atoms with Crippen LogP contribution in [0.25, 0.3) is 0 Å². The molecule has 0 spiro atoms. The smallest absolute Gasteiger partial charge is 0.175 e. The van der Waals surface area contributed by atoms with Gasteiger partial charge in [0.25, 0.3) is 0 Å². The lowest BCUT2D eigenvalue weighted by atomic mass is 9.71. The Morgan fingerprint density at radius 2 is 1.62 bits per heavy atom. The number of allylic oxidation sites excluding steroid dienone is 4. The van der Waals surface area contributed by atoms with Crippen LogP contribution in [0.3, 0.4) is 0 Å². The first-order chi connectivity index (χ1) is 18.8. The Balaban J connectivity index is 1.58. The minimum absolute atomic E-state index is 0.0985. The lowest BCUT2D eigenvalue weighted by Gasteiger charge is -2.44. The zero-order valence-electron chi connectivity index (χ0n) is 22.0. The molecule has 6 nitrogen and oxygen atoms in total. The second-order valence-electron chi connectivity index (χ2n) is 9.91. The normalized spacial score (nSPS) is 17.9. The van der Waals surface area contributed by atoms with Gasteiger partial charge in [-0.3, -0.25) is 9.59 Å². The van der Waals surface area contributed by atoms with E-state index in [1.165, 1.54) is 0 Å². The number of ether oxygens (including phenoxy) is 3. The highest BCUT2D eigenvalue weighted by atomic mass is 79.9. The van der Waals surface area contributed by atoms with Crippen molar-refractivity contribution in [2.75, 3.05) is 27.4 Å². The summed E-state index contributed by atoms with van der Waals surface area (Å²) in [6.45, 7) is 1.35. The highest BCUT2D eigenvalue weighted by Gasteiger charge is 2.43. The molecule has 1 heterocycles. The summed E-state index contributed by atoms with van der Waals surface area (Å²) in [4.78, 5) is 29.2. The average Bonchev–Trinajstić information content (AvgIpc) is 2.91. The molecule has 0 N–H and O–H groups in total. The SMILES string of the molecule is COCCN1C2=C(C(=O)CCC2)C(c2cc(Br)c(OCc3ccc(Cl)cc3Cl)c(OC)c2)C2=C1CCCC2=O. The van der Waals surface area contributed by atoms with Crippen molar-refractivity contribution < 1.29 is 23.8 Å². The molecule has 0 saturated carbocycles. The Morgan fingerprint density at radius 3 is 2.21 bits per heavy atom. The van der Waals surface area contributed by atoms with Crippen LogP contribution in [0.5, 0.6) is 11.5 Å². The second kappa shape index (κ2) is 12.0. The van der Waals surface area contributed by atoms with E-state index in [9.17, 15) is 9.59 Å². The number of nitrogens with zero attached hydrogens (tertiary/aromatic N) is 1. The van der Waals surface area contributed by atoms with Crippen molar-refractivity contribution in [3.8, 4) is 11.5 Å². The lowest BCUT2D eigenvalue weighted by Crippen LogP contribution is -2.40. The van der Waals surface area contributed by atoms with Gasteiger partial charge in [-0.05, 0) is 71.4 Å². The number of halogens is 3. The van der Waals surface area contributed by atoms with E-state index in [0.717, 1.165) is 59.4 Å². The van der Waals surface area contributed by atoms with E-state index in [-0.39, 0.29) is 18.2 Å². The first kappa shape index (κ1) is 28.2. The van der Waals surface area contributed by atoms with Gasteiger partial charge in [0.05, 0.1) is 18.2 Å². The van der Waals surface area contributed by atoms with Crippen LogP contribution in [-0.2, 0) is 20.9 Å². The van der Waals surface area contributed by atoms with E-state index in [0.29, 0.717) is 52.0 Å². The molecule has 3 aliphatic rings. The van der Waals surface area contributed by atoms with Gasteiger partial charge in [0.2, 0.25) is 0 Å². The summed E-state index contributed by atoms with van der Waals surface area (Å²) in [5.74, 6) is 0.766. The van der Waals surface area contributed by atoms with E-state index in [4.69, 9.17) is 37.4 Å². The summed E-state index contributed by atoms with van der Waals surface area (Å²) in [5.41, 5.74) is 5.10. The highest BCUT2D eigenvalue weighted by molar-refractivity contribution is 9.10. The third-order valence-corrected chi connectivity index (χ3v) is 8.75. The molecule has 0 amide bonds. The number of carbonyl (C=O) groups excluding carboxylic acids is 2. The van der Waals surface area contributed by atoms with Gasteiger partial charge in [-0.15, -0.1) is 0 Å². The van der Waals surface area contributed by atoms with Crippen LogP contribution in [0, 0.1) is 0 Å². The Kier molecular flexibility index (Phi) is 8.72. The molecule has 0 unspecified atom stereocenters. The third kappa shape index (κ3) is 5.51. The first-order valence-electron chi connectivity index (χ1n) is 13.1. The van der Waals surface area contributed by atoms with E-state index >= 15 is 0 Å². The topological polar surface area (TPSA) is 65.1 Å². The fourth-order valence-corrected chi connectivity index (χ4v) is 6.87. The van der Waals surface area contributed by atoms with E-state index in [1.54, 1.807) is 26.4 Å². The molecule has 2 aliphatic carbocycles. The molecule has 0 bridgehead atoms. The predicted molar refractivity (Wildman–Crippen MR) is 155 cm³/mol. The number of hydrogen-bond donors (Lipinski definition) is 0. The third-order valence-electron chi connectivity index (χ3n) is 7.58. The predicted octanol–water partition coefficient (Wildman–Crippen LogP) is 7.40. The zero-order chi connectivity index (χ0) is 27.7. The van der Waals surface area contributed by atoms with Crippen molar-refractivity contribution in [3.05, 3.63) is 78.5 Å². The van der Waals surface area contributed by atoms with E-state index in [1.807, 2.05) is 18.2 Å². The fourth-order valence-electron chi connectivity index (χ4n) is 5.84. The molecule has 1 aliphatic heterocycles. The van der Waals surface area contributed by atoms with Crippen LogP contribution in [0.2, 0.25) is 10.0 Å². The molecule has 0 saturated heterocycles. The molecule has 206 valence electrons. The van der Waals surface area contributed by atoms with Crippen LogP contribution in [0.1, 0.15) is 55.6 Å². The number of ketones is 2. The Morgan fingerprint density at radius 1 is 0.949 bits per heavy atom. The average molecular weight is 635 g/mol. The molecule has 2 aromatic carbocycles. The van der Waals surface area contributed by atoms with Gasteiger partial charge >= 0.3 is 0 Å². The molecule has 9 heteroatoms. The van der Waals surface area contributed by atoms with Crippen LogP contribution in [-0.4, -0.2) is 43.8 Å². The monoisotopic (exact) mass is 633 g/mol. The maximum absolute atomic E-state index is 13.5. The molecular formula is C30H30BrCl2NO5. The van der Waals surface area contributed by atoms with Crippen LogP contribution < -0.4 is 9.47 Å².